The van der Waals surface area contributed by atoms with Crippen LogP contribution < -0.4 is 10.1 Å². The first kappa shape index (κ1) is 19.0. The highest BCUT2D eigenvalue weighted by Crippen LogP contribution is 2.32. The van der Waals surface area contributed by atoms with Crippen molar-refractivity contribution in [1.82, 2.24) is 5.32 Å². The van der Waals surface area contributed by atoms with Crippen LogP contribution in [0.15, 0.2) is 38.6 Å². The third-order valence-corrected chi connectivity index (χ3v) is 6.38. The van der Waals surface area contributed by atoms with Crippen molar-refractivity contribution in [3.63, 3.8) is 0 Å². The molecule has 0 saturated heterocycles. The van der Waals surface area contributed by atoms with Gasteiger partial charge in [-0.05, 0) is 50.9 Å². The smallest absolute Gasteiger partial charge is 0.349 e. The van der Waals surface area contributed by atoms with Crippen molar-refractivity contribution < 1.29 is 19.1 Å². The lowest BCUT2D eigenvalue weighted by Gasteiger charge is -2.14. The molecule has 1 heterocycles. The molecule has 0 fully saturated rings. The Morgan fingerprint density at radius 1 is 1.29 bits per heavy atom. The van der Waals surface area contributed by atoms with Crippen molar-refractivity contribution in [2.24, 2.45) is 0 Å². The topological polar surface area (TPSA) is 64.6 Å². The van der Waals surface area contributed by atoms with E-state index in [0.717, 1.165) is 13.8 Å². The molecule has 2 aromatic rings. The third kappa shape index (κ3) is 4.81. The van der Waals surface area contributed by atoms with Crippen LogP contribution in [0.2, 0.25) is 0 Å². The fourth-order valence-electron chi connectivity index (χ4n) is 1.89. The summed E-state index contributed by atoms with van der Waals surface area (Å²) in [6.45, 7) is 1.83. The molecule has 0 aliphatic carbocycles. The van der Waals surface area contributed by atoms with Crippen molar-refractivity contribution in [1.29, 1.82) is 0 Å². The summed E-state index contributed by atoms with van der Waals surface area (Å²) in [5.74, 6) is -0.217. The van der Waals surface area contributed by atoms with E-state index >= 15 is 0 Å². The lowest BCUT2D eigenvalue weighted by molar-refractivity contribution is -0.129. The fraction of sp³-hybridized carbons (Fsp3) is 0.250. The summed E-state index contributed by atoms with van der Waals surface area (Å²) in [5.41, 5.74) is 0.845. The van der Waals surface area contributed by atoms with Gasteiger partial charge in [-0.25, -0.2) is 4.79 Å². The fourth-order valence-corrected chi connectivity index (χ4v) is 3.81. The molecule has 0 aliphatic heterocycles. The van der Waals surface area contributed by atoms with E-state index < -0.39 is 12.1 Å². The highest BCUT2D eigenvalue weighted by atomic mass is 79.9. The Morgan fingerprint density at radius 3 is 2.62 bits per heavy atom. The monoisotopic (exact) mass is 475 g/mol. The second-order valence-electron chi connectivity index (χ2n) is 4.81. The number of benzene rings is 1. The summed E-state index contributed by atoms with van der Waals surface area (Å²) in [4.78, 5) is 24.6. The standard InChI is InChI=1S/C16H15Br2NO4S/c1-9(23-16(21)13-7-11(17)14(18)24-13)15(20)19-8-10-5-3-4-6-12(10)22-2/h3-7,9H,8H2,1-2H3,(H,19,20). The Balaban J connectivity index is 1.91. The van der Waals surface area contributed by atoms with Gasteiger partial charge in [-0.15, -0.1) is 11.3 Å². The van der Waals surface area contributed by atoms with Gasteiger partial charge < -0.3 is 14.8 Å². The Hall–Kier alpha value is -1.38. The molecule has 0 aliphatic rings. The summed E-state index contributed by atoms with van der Waals surface area (Å²) >= 11 is 7.86. The van der Waals surface area contributed by atoms with E-state index in [9.17, 15) is 9.59 Å². The van der Waals surface area contributed by atoms with E-state index in [2.05, 4.69) is 37.2 Å². The van der Waals surface area contributed by atoms with Crippen LogP contribution in [0.5, 0.6) is 5.75 Å². The number of nitrogens with one attached hydrogen (secondary N) is 1. The van der Waals surface area contributed by atoms with E-state index in [0.29, 0.717) is 17.2 Å². The second-order valence-corrected chi connectivity index (χ2v) is 8.03. The Bertz CT molecular complexity index is 728. The van der Waals surface area contributed by atoms with Crippen molar-refractivity contribution in [2.75, 3.05) is 7.11 Å². The molecular formula is C16H15Br2NO4S. The van der Waals surface area contributed by atoms with Gasteiger partial charge in [0, 0.05) is 16.6 Å². The molecule has 0 bridgehead atoms. The van der Waals surface area contributed by atoms with Crippen LogP contribution in [0.25, 0.3) is 0 Å². The second kappa shape index (κ2) is 8.64. The van der Waals surface area contributed by atoms with Crippen LogP contribution in [0.1, 0.15) is 22.2 Å². The minimum atomic E-state index is -0.896. The maximum absolute atomic E-state index is 12.1. The normalized spacial score (nSPS) is 11.7. The summed E-state index contributed by atoms with van der Waals surface area (Å²) in [5, 5.41) is 2.74. The maximum Gasteiger partial charge on any atom is 0.349 e. The van der Waals surface area contributed by atoms with Crippen LogP contribution >= 0.6 is 43.2 Å². The number of amides is 1. The van der Waals surface area contributed by atoms with Gasteiger partial charge in [0.2, 0.25) is 0 Å². The van der Waals surface area contributed by atoms with Crippen molar-refractivity contribution in [3.05, 3.63) is 49.0 Å². The number of ether oxygens (including phenoxy) is 2. The maximum atomic E-state index is 12.1. The highest BCUT2D eigenvalue weighted by Gasteiger charge is 2.21. The molecule has 1 unspecified atom stereocenters. The van der Waals surface area contributed by atoms with Crippen LogP contribution in [0.3, 0.4) is 0 Å². The molecule has 0 saturated carbocycles. The van der Waals surface area contributed by atoms with E-state index in [4.69, 9.17) is 9.47 Å². The first-order valence-corrected chi connectivity index (χ1v) is 9.38. The quantitative estimate of drug-likeness (QED) is 0.636. The molecule has 1 aromatic heterocycles. The molecule has 128 valence electrons. The van der Waals surface area contributed by atoms with Gasteiger partial charge in [0.05, 0.1) is 10.9 Å². The average molecular weight is 477 g/mol. The molecule has 5 nitrogen and oxygen atoms in total. The van der Waals surface area contributed by atoms with Gasteiger partial charge in [0.15, 0.2) is 6.10 Å². The van der Waals surface area contributed by atoms with E-state index in [1.807, 2.05) is 24.3 Å². The summed E-state index contributed by atoms with van der Waals surface area (Å²) < 4.78 is 12.0. The highest BCUT2D eigenvalue weighted by molar-refractivity contribution is 9.13. The summed E-state index contributed by atoms with van der Waals surface area (Å²) in [6, 6.07) is 9.04. The van der Waals surface area contributed by atoms with Gasteiger partial charge in [-0.1, -0.05) is 18.2 Å². The number of rotatable bonds is 6. The van der Waals surface area contributed by atoms with Gasteiger partial charge in [-0.2, -0.15) is 0 Å². The summed E-state index contributed by atoms with van der Waals surface area (Å²) in [6.07, 6.45) is -0.896. The SMILES string of the molecule is COc1ccccc1CNC(=O)C(C)OC(=O)c1cc(Br)c(Br)s1. The Labute approximate surface area is 160 Å². The van der Waals surface area contributed by atoms with Crippen LogP contribution in [0, 0.1) is 0 Å². The molecule has 24 heavy (non-hydrogen) atoms. The number of carbonyl (C=O) groups excluding carboxylic acids is 2. The van der Waals surface area contributed by atoms with Crippen molar-refractivity contribution in [3.8, 4) is 5.75 Å². The predicted molar refractivity (Wildman–Crippen MR) is 99.4 cm³/mol. The first-order chi connectivity index (χ1) is 11.4. The van der Waals surface area contributed by atoms with Crippen LogP contribution in [-0.4, -0.2) is 25.1 Å². The lowest BCUT2D eigenvalue weighted by Crippen LogP contribution is -2.35. The molecule has 0 radical (unpaired) electrons. The Kier molecular flexibility index (Phi) is 6.82. The summed E-state index contributed by atoms with van der Waals surface area (Å²) in [7, 11) is 1.57. The van der Waals surface area contributed by atoms with Gasteiger partial charge >= 0.3 is 5.97 Å². The Morgan fingerprint density at radius 2 is 2.00 bits per heavy atom. The van der Waals surface area contributed by atoms with Crippen molar-refractivity contribution >= 4 is 55.1 Å². The molecule has 2 rings (SSSR count). The molecule has 1 atom stereocenters. The van der Waals surface area contributed by atoms with E-state index in [-0.39, 0.29) is 5.91 Å². The number of hydrogen-bond acceptors (Lipinski definition) is 5. The molecule has 1 amide bonds. The number of hydrogen-bond donors (Lipinski definition) is 1. The zero-order valence-corrected chi connectivity index (χ0v) is 17.0. The number of halogens is 2. The van der Waals surface area contributed by atoms with Gasteiger partial charge in [-0.3, -0.25) is 4.79 Å². The lowest BCUT2D eigenvalue weighted by atomic mass is 10.2. The minimum absolute atomic E-state index is 0.292. The molecule has 1 aromatic carbocycles. The number of carbonyl (C=O) groups is 2. The van der Waals surface area contributed by atoms with Crippen molar-refractivity contribution in [2.45, 2.75) is 19.6 Å². The largest absolute Gasteiger partial charge is 0.496 e. The molecular weight excluding hydrogens is 462 g/mol. The molecule has 1 N–H and O–H groups in total. The average Bonchev–Trinajstić information content (AvgIpc) is 2.92. The number of methoxy groups -OCH3 is 1. The van der Waals surface area contributed by atoms with Gasteiger partial charge in [0.1, 0.15) is 10.6 Å². The zero-order valence-electron chi connectivity index (χ0n) is 13.0. The van der Waals surface area contributed by atoms with E-state index in [1.54, 1.807) is 13.2 Å². The number of thiophene rings is 1. The van der Waals surface area contributed by atoms with E-state index in [1.165, 1.54) is 18.3 Å². The number of esters is 1. The number of para-hydroxylation sites is 1. The minimum Gasteiger partial charge on any atom is -0.496 e. The molecule has 8 heteroatoms. The first-order valence-electron chi connectivity index (χ1n) is 6.97. The predicted octanol–water partition coefficient (Wildman–Crippen LogP) is 4.14. The third-order valence-electron chi connectivity index (χ3n) is 3.14. The van der Waals surface area contributed by atoms with Crippen LogP contribution in [0.4, 0.5) is 0 Å². The molecule has 0 spiro atoms. The zero-order chi connectivity index (χ0) is 17.7. The van der Waals surface area contributed by atoms with Crippen LogP contribution in [-0.2, 0) is 16.1 Å². The van der Waals surface area contributed by atoms with Gasteiger partial charge in [0.25, 0.3) is 5.91 Å².